The third kappa shape index (κ3) is 4.57. The highest BCUT2D eigenvalue weighted by Gasteiger charge is 2.17. The molecule has 0 bridgehead atoms. The first-order chi connectivity index (χ1) is 16.7. The largest absolute Gasteiger partial charge is 0.319 e. The molecule has 2 nitrogen and oxygen atoms in total. The van der Waals surface area contributed by atoms with Gasteiger partial charge in [0.15, 0.2) is 0 Å². The van der Waals surface area contributed by atoms with E-state index in [-0.39, 0.29) is 0 Å². The summed E-state index contributed by atoms with van der Waals surface area (Å²) in [4.78, 5) is 0. The molecule has 0 saturated heterocycles. The Morgan fingerprint density at radius 1 is 0.444 bits per heavy atom. The normalized spacial score (nSPS) is 13.1. The van der Waals surface area contributed by atoms with Crippen molar-refractivity contribution in [2.45, 2.75) is 0 Å². The van der Waals surface area contributed by atoms with Crippen molar-refractivity contribution in [3.63, 3.8) is 0 Å². The van der Waals surface area contributed by atoms with Crippen molar-refractivity contribution >= 4 is 75.7 Å². The van der Waals surface area contributed by atoms with Crippen LogP contribution in [0.3, 0.4) is 0 Å². The lowest BCUT2D eigenvalue weighted by molar-refractivity contribution is 0.587. The van der Waals surface area contributed by atoms with Gasteiger partial charge in [-0.1, -0.05) is 73.8 Å². The fourth-order valence-corrected chi connectivity index (χ4v) is 7.58. The molecular weight excluding hydrogens is 497 g/mol. The lowest BCUT2D eigenvalue weighted by Crippen LogP contribution is -2.04. The summed E-state index contributed by atoms with van der Waals surface area (Å²) < 4.78 is 25.4. The molecule has 0 radical (unpaired) electrons. The maximum absolute atomic E-state index is 13.0. The van der Waals surface area contributed by atoms with Crippen LogP contribution in [0.15, 0.2) is 78.9 Å². The zero-order valence-corrected chi connectivity index (χ0v) is 24.6. The minimum absolute atomic E-state index is 0.895. The topological polar surface area (TPSA) is 34.1 Å². The highest BCUT2D eigenvalue weighted by atomic mass is 31.2. The molecule has 0 fully saturated rings. The van der Waals surface area contributed by atoms with Crippen LogP contribution >= 0.6 is 21.2 Å². The molecule has 0 aliphatic rings. The van der Waals surface area contributed by atoms with Gasteiger partial charge in [-0.25, -0.2) is 0 Å². The number of rotatable bonds is 4. The van der Waals surface area contributed by atoms with Crippen molar-refractivity contribution < 1.29 is 9.13 Å². The van der Waals surface area contributed by atoms with Gasteiger partial charge in [-0.3, -0.25) is 0 Å². The third-order valence-electron chi connectivity index (χ3n) is 7.04. The van der Waals surface area contributed by atoms with E-state index in [1.54, 1.807) is 13.3 Å². The maximum atomic E-state index is 13.0. The summed E-state index contributed by atoms with van der Waals surface area (Å²) in [5, 5.41) is 10.2. The highest BCUT2D eigenvalue weighted by molar-refractivity contribution is 7.79. The van der Waals surface area contributed by atoms with Gasteiger partial charge >= 0.3 is 0 Å². The molecule has 0 aliphatic heterocycles. The van der Waals surface area contributed by atoms with Crippen molar-refractivity contribution in [1.29, 1.82) is 0 Å². The minimum atomic E-state index is -2.40. The Morgan fingerprint density at radius 3 is 1.33 bits per heavy atom. The second-order valence-corrected chi connectivity index (χ2v) is 21.5. The minimum Gasteiger partial charge on any atom is -0.319 e. The molecular formula is C31H33O2P3. The van der Waals surface area contributed by atoms with Crippen LogP contribution in [-0.4, -0.2) is 46.3 Å². The smallest absolute Gasteiger partial charge is 0.109 e. The molecule has 0 saturated carbocycles. The lowest BCUT2D eigenvalue weighted by Gasteiger charge is -2.18. The van der Waals surface area contributed by atoms with Gasteiger partial charge < -0.3 is 9.13 Å². The van der Waals surface area contributed by atoms with E-state index in [1.165, 1.54) is 26.8 Å². The van der Waals surface area contributed by atoms with E-state index >= 15 is 0 Å². The predicted octanol–water partition coefficient (Wildman–Crippen LogP) is 7.64. The second-order valence-electron chi connectivity index (χ2n) is 11.2. The lowest BCUT2D eigenvalue weighted by atomic mass is 9.92. The summed E-state index contributed by atoms with van der Waals surface area (Å²) >= 11 is 0. The molecule has 184 valence electrons. The molecule has 0 amide bonds. The predicted molar refractivity (Wildman–Crippen MR) is 168 cm³/mol. The Morgan fingerprint density at radius 2 is 0.833 bits per heavy atom. The maximum Gasteiger partial charge on any atom is 0.109 e. The van der Waals surface area contributed by atoms with Crippen LogP contribution in [0.5, 0.6) is 0 Å². The van der Waals surface area contributed by atoms with Gasteiger partial charge in [0.1, 0.15) is 14.3 Å². The van der Waals surface area contributed by atoms with Crippen LogP contribution in [0.1, 0.15) is 0 Å². The van der Waals surface area contributed by atoms with Crippen LogP contribution in [0, 0.1) is 0 Å². The Kier molecular flexibility index (Phi) is 6.04. The van der Waals surface area contributed by atoms with Crippen LogP contribution in [0.2, 0.25) is 0 Å². The van der Waals surface area contributed by atoms with Crippen LogP contribution < -0.4 is 15.9 Å². The Balaban J connectivity index is 1.85. The first-order valence-electron chi connectivity index (χ1n) is 12.1. The van der Waals surface area contributed by atoms with Crippen molar-refractivity contribution in [2.24, 2.45) is 0 Å². The second kappa shape index (κ2) is 8.60. The van der Waals surface area contributed by atoms with Gasteiger partial charge in [-0.15, -0.1) is 0 Å². The summed E-state index contributed by atoms with van der Waals surface area (Å²) in [7, 11) is -4.69. The van der Waals surface area contributed by atoms with Crippen LogP contribution in [0.4, 0.5) is 0 Å². The molecule has 5 rings (SSSR count). The molecule has 36 heavy (non-hydrogen) atoms. The summed E-state index contributed by atoms with van der Waals surface area (Å²) in [5.41, 5.74) is 2.22. The van der Waals surface area contributed by atoms with Gasteiger partial charge in [0.05, 0.1) is 0 Å². The molecule has 5 aromatic rings. The third-order valence-corrected chi connectivity index (χ3v) is 11.8. The van der Waals surface area contributed by atoms with Gasteiger partial charge in [0.2, 0.25) is 0 Å². The number of hydrogen-bond acceptors (Lipinski definition) is 2. The first kappa shape index (κ1) is 25.3. The van der Waals surface area contributed by atoms with E-state index in [4.69, 9.17) is 0 Å². The molecule has 0 heterocycles. The van der Waals surface area contributed by atoms with E-state index in [1.807, 2.05) is 31.5 Å². The highest BCUT2D eigenvalue weighted by Crippen LogP contribution is 2.42. The SMILES string of the molecule is C=P(C)(C)c1ccc2c(c1)c1ccc(-c3ccc(P(C)(C)=O)cc3)cc1c1ccc(P(C)(C)=O)cc12. The van der Waals surface area contributed by atoms with Gasteiger partial charge in [0.25, 0.3) is 0 Å². The monoisotopic (exact) mass is 530 g/mol. The number of fused-ring (bicyclic) bond motifs is 6. The van der Waals surface area contributed by atoms with Crippen molar-refractivity contribution in [1.82, 2.24) is 0 Å². The molecule has 0 N–H and O–H groups in total. The quantitative estimate of drug-likeness (QED) is 0.177. The van der Waals surface area contributed by atoms with E-state index in [9.17, 15) is 9.13 Å². The molecule has 5 heteroatoms. The van der Waals surface area contributed by atoms with Crippen LogP contribution in [-0.2, 0) is 9.13 Å². The van der Waals surface area contributed by atoms with Gasteiger partial charge in [-0.05, 0) is 107 Å². The number of hydrogen-bond donors (Lipinski definition) is 0. The van der Waals surface area contributed by atoms with E-state index in [0.717, 1.165) is 32.5 Å². The molecule has 0 unspecified atom stereocenters. The molecule has 0 aromatic heterocycles. The summed E-state index contributed by atoms with van der Waals surface area (Å²) in [6.45, 7) is 10.3. The Bertz CT molecular complexity index is 1750. The Hall–Kier alpha value is -2.36. The van der Waals surface area contributed by atoms with Crippen molar-refractivity contribution in [3.05, 3.63) is 78.9 Å². The summed E-state index contributed by atoms with van der Waals surface area (Å²) in [6, 6.07) is 27.8. The Labute approximate surface area is 214 Å². The zero-order chi connectivity index (χ0) is 26.0. The van der Waals surface area contributed by atoms with Crippen molar-refractivity contribution in [3.8, 4) is 11.1 Å². The average Bonchev–Trinajstić information content (AvgIpc) is 2.81. The summed E-state index contributed by atoms with van der Waals surface area (Å²) in [5.74, 6) is 0. The fraction of sp³-hybridized carbons (Fsp3) is 0.194. The summed E-state index contributed by atoms with van der Waals surface area (Å²) in [6.07, 6.45) is 4.47. The fourth-order valence-electron chi connectivity index (χ4n) is 4.89. The van der Waals surface area contributed by atoms with E-state index in [0.29, 0.717) is 0 Å². The van der Waals surface area contributed by atoms with E-state index in [2.05, 4.69) is 80.3 Å². The van der Waals surface area contributed by atoms with Crippen LogP contribution in [0.25, 0.3) is 43.4 Å². The first-order valence-corrected chi connectivity index (χ1v) is 20.1. The van der Waals surface area contributed by atoms with Gasteiger partial charge in [0, 0.05) is 10.6 Å². The van der Waals surface area contributed by atoms with E-state index < -0.39 is 21.2 Å². The molecule has 0 aliphatic carbocycles. The molecule has 0 atom stereocenters. The zero-order valence-electron chi connectivity index (χ0n) is 21.9. The molecule has 0 spiro atoms. The molecule has 5 aromatic carbocycles. The van der Waals surface area contributed by atoms with Gasteiger partial charge in [-0.2, -0.15) is 0 Å². The standard InChI is InChI=1S/C31H33O2P3/c1-34(2,3)24-13-16-28-30(19-24)26-15-10-22(21-8-11-23(12-9-21)35(4,5)32)18-29(26)27-17-14-25(20-31(27)28)36(6,7)33/h8-20H,1H2,2-7H3. The van der Waals surface area contributed by atoms with Crippen molar-refractivity contribution in [2.75, 3.05) is 40.0 Å². The number of benzene rings is 5. The average molecular weight is 531 g/mol.